The van der Waals surface area contributed by atoms with Crippen molar-refractivity contribution in [1.82, 2.24) is 19.9 Å². The van der Waals surface area contributed by atoms with Crippen molar-refractivity contribution in [2.24, 2.45) is 0 Å². The van der Waals surface area contributed by atoms with Crippen LogP contribution in [0.25, 0.3) is 0 Å². The van der Waals surface area contributed by atoms with Crippen LogP contribution in [0.15, 0.2) is 78.0 Å². The summed E-state index contributed by atoms with van der Waals surface area (Å²) in [5.41, 5.74) is 1.61. The van der Waals surface area contributed by atoms with Gasteiger partial charge in [-0.3, -0.25) is 14.5 Å². The molecule has 11 heteroatoms. The van der Waals surface area contributed by atoms with Crippen LogP contribution in [0, 0.1) is 5.82 Å². The summed E-state index contributed by atoms with van der Waals surface area (Å²) in [5, 5.41) is 2.62. The summed E-state index contributed by atoms with van der Waals surface area (Å²) >= 11 is 0. The first-order valence-electron chi connectivity index (χ1n) is 12.7. The number of sulfonamides is 1. The van der Waals surface area contributed by atoms with Crippen LogP contribution in [0.1, 0.15) is 21.5 Å². The molecule has 39 heavy (non-hydrogen) atoms. The van der Waals surface area contributed by atoms with Crippen molar-refractivity contribution in [2.75, 3.05) is 39.4 Å². The summed E-state index contributed by atoms with van der Waals surface area (Å²) in [4.78, 5) is 32.2. The summed E-state index contributed by atoms with van der Waals surface area (Å²) in [5.74, 6) is -1.23. The first kappa shape index (κ1) is 28.5. The molecule has 0 saturated carbocycles. The Morgan fingerprint density at radius 1 is 0.974 bits per heavy atom. The number of carbonyl (C=O) groups is 2. The fourth-order valence-electron chi connectivity index (χ4n) is 4.17. The minimum Gasteiger partial charge on any atom is -0.379 e. The van der Waals surface area contributed by atoms with Gasteiger partial charge in [-0.1, -0.05) is 36.4 Å². The second-order valence-corrected chi connectivity index (χ2v) is 10.9. The lowest BCUT2D eigenvalue weighted by Gasteiger charge is -2.26. The monoisotopic (exact) mass is 554 g/mol. The zero-order chi connectivity index (χ0) is 27.7. The van der Waals surface area contributed by atoms with Crippen LogP contribution in [0.5, 0.6) is 0 Å². The molecule has 1 saturated heterocycles. The zero-order valence-electron chi connectivity index (χ0n) is 21.4. The van der Waals surface area contributed by atoms with Gasteiger partial charge in [-0.25, -0.2) is 22.5 Å². The lowest BCUT2D eigenvalue weighted by atomic mass is 9.98. The van der Waals surface area contributed by atoms with Gasteiger partial charge >= 0.3 is 0 Å². The van der Waals surface area contributed by atoms with E-state index < -0.39 is 27.8 Å². The molecule has 0 spiro atoms. The van der Waals surface area contributed by atoms with Crippen LogP contribution in [0.2, 0.25) is 0 Å². The fraction of sp³-hybridized carbons (Fsp3) is 0.321. The van der Waals surface area contributed by atoms with E-state index in [4.69, 9.17) is 4.74 Å². The highest BCUT2D eigenvalue weighted by molar-refractivity contribution is 7.89. The molecule has 1 amide bonds. The maximum atomic E-state index is 13.3. The van der Waals surface area contributed by atoms with Gasteiger partial charge in [-0.15, -0.1) is 0 Å². The van der Waals surface area contributed by atoms with Crippen LogP contribution < -0.4 is 10.0 Å². The second-order valence-electron chi connectivity index (χ2n) is 9.22. The third-order valence-electron chi connectivity index (χ3n) is 6.36. The summed E-state index contributed by atoms with van der Waals surface area (Å²) < 4.78 is 46.4. The highest BCUT2D eigenvalue weighted by Gasteiger charge is 2.23. The Morgan fingerprint density at radius 2 is 1.69 bits per heavy atom. The molecule has 0 unspecified atom stereocenters. The third kappa shape index (κ3) is 8.49. The van der Waals surface area contributed by atoms with Gasteiger partial charge in [-0.2, -0.15) is 0 Å². The molecule has 206 valence electrons. The van der Waals surface area contributed by atoms with Crippen molar-refractivity contribution in [3.05, 3.63) is 95.4 Å². The normalized spacial score (nSPS) is 15.0. The topological polar surface area (TPSA) is 118 Å². The average Bonchev–Trinajstić information content (AvgIpc) is 2.94. The summed E-state index contributed by atoms with van der Waals surface area (Å²) in [6.45, 7) is 3.62. The van der Waals surface area contributed by atoms with Crippen LogP contribution in [0.3, 0.4) is 0 Å². The lowest BCUT2D eigenvalue weighted by Crippen LogP contribution is -2.43. The van der Waals surface area contributed by atoms with Crippen molar-refractivity contribution in [1.29, 1.82) is 0 Å². The number of hydrogen-bond acceptors (Lipinski definition) is 7. The van der Waals surface area contributed by atoms with E-state index >= 15 is 0 Å². The molecule has 2 heterocycles. The molecule has 0 radical (unpaired) electrons. The number of Topliss-reactive ketones (excluding diaryl/α,β-unsaturated/α-hetero) is 1. The van der Waals surface area contributed by atoms with E-state index in [9.17, 15) is 22.4 Å². The minimum atomic E-state index is -3.80. The predicted molar refractivity (Wildman–Crippen MR) is 143 cm³/mol. The first-order valence-corrected chi connectivity index (χ1v) is 14.2. The second kappa shape index (κ2) is 13.5. The lowest BCUT2D eigenvalue weighted by molar-refractivity contribution is -0.120. The Morgan fingerprint density at radius 3 is 2.36 bits per heavy atom. The summed E-state index contributed by atoms with van der Waals surface area (Å²) in [7, 11) is -3.80. The SMILES string of the molecule is O=C(N[C@@H](Cc1ccccc1)C(=O)Cc1ccc(S(=O)(=O)NCCN2CCOCC2)nc1)c1ccc(F)cc1. The highest BCUT2D eigenvalue weighted by atomic mass is 32.2. The first-order chi connectivity index (χ1) is 18.8. The molecular formula is C28H31FN4O5S. The highest BCUT2D eigenvalue weighted by Crippen LogP contribution is 2.12. The molecule has 3 aromatic rings. The van der Waals surface area contributed by atoms with E-state index in [0.717, 1.165) is 18.7 Å². The number of hydrogen-bond donors (Lipinski definition) is 2. The molecule has 9 nitrogen and oxygen atoms in total. The average molecular weight is 555 g/mol. The van der Waals surface area contributed by atoms with Gasteiger partial charge in [0.1, 0.15) is 5.82 Å². The minimum absolute atomic E-state index is 0.0566. The van der Waals surface area contributed by atoms with Crippen molar-refractivity contribution >= 4 is 21.7 Å². The van der Waals surface area contributed by atoms with E-state index in [-0.39, 0.29) is 35.8 Å². The number of nitrogens with one attached hydrogen (secondary N) is 2. The largest absolute Gasteiger partial charge is 0.379 e. The molecule has 0 aliphatic carbocycles. The van der Waals surface area contributed by atoms with Gasteiger partial charge in [0.15, 0.2) is 10.8 Å². The Kier molecular flexibility index (Phi) is 9.88. The Hall–Kier alpha value is -3.51. The maximum absolute atomic E-state index is 13.3. The number of rotatable bonds is 12. The van der Waals surface area contributed by atoms with Crippen molar-refractivity contribution in [3.63, 3.8) is 0 Å². The quantitative estimate of drug-likeness (QED) is 0.352. The number of nitrogens with zero attached hydrogens (tertiary/aromatic N) is 2. The molecule has 4 rings (SSSR count). The molecule has 1 atom stereocenters. The van der Waals surface area contributed by atoms with E-state index in [2.05, 4.69) is 19.9 Å². The van der Waals surface area contributed by atoms with Gasteiger partial charge in [0.2, 0.25) is 0 Å². The van der Waals surface area contributed by atoms with Gasteiger partial charge in [0.25, 0.3) is 15.9 Å². The van der Waals surface area contributed by atoms with E-state index in [0.29, 0.717) is 25.3 Å². The van der Waals surface area contributed by atoms with Crippen molar-refractivity contribution < 1.29 is 27.1 Å². The summed E-state index contributed by atoms with van der Waals surface area (Å²) in [6, 6.07) is 16.4. The van der Waals surface area contributed by atoms with Gasteiger partial charge in [-0.05, 0) is 47.9 Å². The van der Waals surface area contributed by atoms with Crippen molar-refractivity contribution in [2.45, 2.75) is 23.9 Å². The zero-order valence-corrected chi connectivity index (χ0v) is 22.2. The van der Waals surface area contributed by atoms with Gasteiger partial charge in [0, 0.05) is 44.4 Å². The molecule has 0 bridgehead atoms. The van der Waals surface area contributed by atoms with Crippen LogP contribution in [-0.4, -0.2) is 75.4 Å². The Balaban J connectivity index is 1.39. The number of ether oxygens (including phenoxy) is 1. The number of carbonyl (C=O) groups excluding carboxylic acids is 2. The number of amides is 1. The number of halogens is 1. The van der Waals surface area contributed by atoms with E-state index in [1.54, 1.807) is 6.07 Å². The van der Waals surface area contributed by atoms with Crippen LogP contribution >= 0.6 is 0 Å². The van der Waals surface area contributed by atoms with Gasteiger partial charge in [0.05, 0.1) is 19.3 Å². The van der Waals surface area contributed by atoms with Crippen LogP contribution in [0.4, 0.5) is 4.39 Å². The molecule has 1 aliphatic rings. The molecule has 2 N–H and O–H groups in total. The fourth-order valence-corrected chi connectivity index (χ4v) is 5.12. The number of pyridine rings is 1. The molecule has 1 fully saturated rings. The third-order valence-corrected chi connectivity index (χ3v) is 7.73. The molecule has 2 aromatic carbocycles. The Bertz CT molecular complexity index is 1350. The van der Waals surface area contributed by atoms with E-state index in [1.165, 1.54) is 36.5 Å². The predicted octanol–water partition coefficient (Wildman–Crippen LogP) is 1.98. The summed E-state index contributed by atoms with van der Waals surface area (Å²) in [6.07, 6.45) is 1.56. The number of ketones is 1. The number of benzene rings is 2. The van der Waals surface area contributed by atoms with Crippen molar-refractivity contribution in [3.8, 4) is 0 Å². The van der Waals surface area contributed by atoms with Crippen LogP contribution in [-0.2, 0) is 32.4 Å². The molecular weight excluding hydrogens is 523 g/mol. The molecule has 1 aliphatic heterocycles. The number of aromatic nitrogens is 1. The Labute approximate surface area is 227 Å². The maximum Gasteiger partial charge on any atom is 0.258 e. The molecule has 1 aromatic heterocycles. The van der Waals surface area contributed by atoms with Gasteiger partial charge < -0.3 is 10.1 Å². The smallest absolute Gasteiger partial charge is 0.258 e. The standard InChI is InChI=1S/C28H31FN4O5S/c29-24-9-7-23(8-10-24)28(35)32-25(18-21-4-2-1-3-5-21)26(34)19-22-6-11-27(30-20-22)39(36,37)31-12-13-33-14-16-38-17-15-33/h1-11,20,25,31H,12-19H2,(H,32,35)/t25-/m0/s1. The number of morpholine rings is 1. The van der Waals surface area contributed by atoms with E-state index in [1.807, 2.05) is 30.3 Å².